The number of pyridine rings is 1. The Balaban J connectivity index is 0.000000791. The van der Waals surface area contributed by atoms with Gasteiger partial charge in [0.15, 0.2) is 0 Å². The van der Waals surface area contributed by atoms with Crippen molar-refractivity contribution in [3.63, 3.8) is 0 Å². The second kappa shape index (κ2) is 7.52. The van der Waals surface area contributed by atoms with E-state index in [2.05, 4.69) is 27.0 Å². The van der Waals surface area contributed by atoms with Crippen molar-refractivity contribution in [1.82, 2.24) is 4.98 Å². The van der Waals surface area contributed by atoms with E-state index in [0.717, 1.165) is 10.0 Å². The van der Waals surface area contributed by atoms with Gasteiger partial charge in [-0.05, 0) is 33.5 Å². The summed E-state index contributed by atoms with van der Waals surface area (Å²) in [5.41, 5.74) is 1.10. The monoisotopic (exact) mass is 254 g/mol. The molecule has 1 rings (SSSR count). The molecule has 0 aliphatic rings. The van der Waals surface area contributed by atoms with E-state index in [0.29, 0.717) is 6.42 Å². The third-order valence-corrected chi connectivity index (χ3v) is 2.13. The molecule has 0 saturated heterocycles. The second-order valence-corrected chi connectivity index (χ2v) is 3.62. The van der Waals surface area contributed by atoms with Gasteiger partial charge < -0.3 is 0 Å². The highest BCUT2D eigenvalue weighted by molar-refractivity contribution is 9.10. The summed E-state index contributed by atoms with van der Waals surface area (Å²) in [7, 11) is 0. The number of halogens is 1. The molecule has 0 aliphatic carbocycles. The van der Waals surface area contributed by atoms with Crippen LogP contribution in [0.5, 0.6) is 0 Å². The SMILES string of the molecule is CC.CC(CC#N)c1cncc(Br)c1. The van der Waals surface area contributed by atoms with Gasteiger partial charge in [-0.15, -0.1) is 0 Å². The van der Waals surface area contributed by atoms with E-state index in [4.69, 9.17) is 5.26 Å². The highest BCUT2D eigenvalue weighted by Crippen LogP contribution is 2.20. The third-order valence-electron chi connectivity index (χ3n) is 1.69. The minimum Gasteiger partial charge on any atom is -0.263 e. The molecule has 14 heavy (non-hydrogen) atoms. The van der Waals surface area contributed by atoms with Gasteiger partial charge in [-0.25, -0.2) is 0 Å². The summed E-state index contributed by atoms with van der Waals surface area (Å²) in [6.07, 6.45) is 4.08. The van der Waals surface area contributed by atoms with Crippen LogP contribution in [0, 0.1) is 11.3 Å². The van der Waals surface area contributed by atoms with E-state index >= 15 is 0 Å². The summed E-state index contributed by atoms with van der Waals surface area (Å²) in [6.45, 7) is 6.02. The molecule has 3 heteroatoms. The molecule has 1 atom stereocenters. The summed E-state index contributed by atoms with van der Waals surface area (Å²) in [6, 6.07) is 4.14. The van der Waals surface area contributed by atoms with Crippen molar-refractivity contribution in [3.8, 4) is 6.07 Å². The van der Waals surface area contributed by atoms with Gasteiger partial charge in [-0.3, -0.25) is 4.98 Å². The first-order valence-electron chi connectivity index (χ1n) is 4.71. The fourth-order valence-electron chi connectivity index (χ4n) is 0.953. The lowest BCUT2D eigenvalue weighted by Gasteiger charge is -2.05. The number of hydrogen-bond acceptors (Lipinski definition) is 2. The van der Waals surface area contributed by atoms with E-state index < -0.39 is 0 Å². The molecule has 1 unspecified atom stereocenters. The standard InChI is InChI=1S/C9H9BrN2.C2H6/c1-7(2-3-11)8-4-9(10)6-12-5-8;1-2/h4-7H,2H2,1H3;1-2H3. The zero-order chi connectivity index (χ0) is 11.0. The molecule has 0 N–H and O–H groups in total. The number of nitriles is 1. The van der Waals surface area contributed by atoms with Gasteiger partial charge in [-0.2, -0.15) is 5.26 Å². The molecular weight excluding hydrogens is 240 g/mol. The fraction of sp³-hybridized carbons (Fsp3) is 0.455. The van der Waals surface area contributed by atoms with Gasteiger partial charge in [-0.1, -0.05) is 20.8 Å². The topological polar surface area (TPSA) is 36.7 Å². The normalized spacial score (nSPS) is 10.8. The highest BCUT2D eigenvalue weighted by atomic mass is 79.9. The van der Waals surface area contributed by atoms with Crippen molar-refractivity contribution in [2.75, 3.05) is 0 Å². The average Bonchev–Trinajstić information content (AvgIpc) is 2.21. The Morgan fingerprint density at radius 3 is 2.64 bits per heavy atom. The van der Waals surface area contributed by atoms with E-state index in [1.54, 1.807) is 12.4 Å². The minimum absolute atomic E-state index is 0.264. The predicted molar refractivity (Wildman–Crippen MR) is 61.9 cm³/mol. The van der Waals surface area contributed by atoms with Crippen LogP contribution in [0.1, 0.15) is 38.7 Å². The third kappa shape index (κ3) is 4.38. The molecule has 0 aliphatic heterocycles. The molecule has 1 heterocycles. The summed E-state index contributed by atoms with van der Waals surface area (Å²) in [4.78, 5) is 4.03. The van der Waals surface area contributed by atoms with Crippen molar-refractivity contribution in [1.29, 1.82) is 5.26 Å². The molecule has 0 spiro atoms. The van der Waals surface area contributed by atoms with Crippen LogP contribution in [0.3, 0.4) is 0 Å². The quantitative estimate of drug-likeness (QED) is 0.803. The summed E-state index contributed by atoms with van der Waals surface area (Å²) < 4.78 is 0.963. The maximum atomic E-state index is 8.49. The minimum atomic E-state index is 0.264. The average molecular weight is 255 g/mol. The predicted octanol–water partition coefficient (Wildman–Crippen LogP) is 3.89. The van der Waals surface area contributed by atoms with Gasteiger partial charge in [0.2, 0.25) is 0 Å². The van der Waals surface area contributed by atoms with Crippen LogP contribution in [0.15, 0.2) is 22.9 Å². The molecule has 2 nitrogen and oxygen atoms in total. The second-order valence-electron chi connectivity index (χ2n) is 2.70. The smallest absolute Gasteiger partial charge is 0.0628 e. The lowest BCUT2D eigenvalue weighted by molar-refractivity contribution is 0.782. The lowest BCUT2D eigenvalue weighted by atomic mass is 10.0. The Bertz CT molecular complexity index is 304. The van der Waals surface area contributed by atoms with E-state index in [1.165, 1.54) is 0 Å². The molecule has 0 saturated carbocycles. The van der Waals surface area contributed by atoms with Crippen LogP contribution in [0.25, 0.3) is 0 Å². The number of rotatable bonds is 2. The van der Waals surface area contributed by atoms with Crippen molar-refractivity contribution in [3.05, 3.63) is 28.5 Å². The van der Waals surface area contributed by atoms with Crippen molar-refractivity contribution >= 4 is 15.9 Å². The first-order valence-corrected chi connectivity index (χ1v) is 5.50. The molecule has 76 valence electrons. The molecule has 1 aromatic heterocycles. The van der Waals surface area contributed by atoms with Crippen LogP contribution < -0.4 is 0 Å². The Morgan fingerprint density at radius 2 is 2.14 bits per heavy atom. The zero-order valence-corrected chi connectivity index (χ0v) is 10.4. The molecule has 1 aromatic rings. The summed E-state index contributed by atoms with van der Waals surface area (Å²) in [5.74, 6) is 0.264. The Kier molecular flexibility index (Phi) is 7.04. The molecule has 0 radical (unpaired) electrons. The van der Waals surface area contributed by atoms with E-state index in [1.807, 2.05) is 26.8 Å². The maximum absolute atomic E-state index is 8.49. The molecule has 0 aromatic carbocycles. The fourth-order valence-corrected chi connectivity index (χ4v) is 1.34. The summed E-state index contributed by atoms with van der Waals surface area (Å²) >= 11 is 3.34. The Labute approximate surface area is 94.1 Å². The Morgan fingerprint density at radius 1 is 1.50 bits per heavy atom. The van der Waals surface area contributed by atoms with Crippen molar-refractivity contribution < 1.29 is 0 Å². The van der Waals surface area contributed by atoms with Crippen LogP contribution >= 0.6 is 15.9 Å². The van der Waals surface area contributed by atoms with Gasteiger partial charge in [0.05, 0.1) is 6.07 Å². The Hall–Kier alpha value is -0.880. The van der Waals surface area contributed by atoms with Crippen LogP contribution in [0.2, 0.25) is 0 Å². The van der Waals surface area contributed by atoms with Crippen LogP contribution in [0.4, 0.5) is 0 Å². The van der Waals surface area contributed by atoms with Crippen LogP contribution in [-0.2, 0) is 0 Å². The van der Waals surface area contributed by atoms with E-state index in [9.17, 15) is 0 Å². The molecule has 0 bridgehead atoms. The van der Waals surface area contributed by atoms with Crippen molar-refractivity contribution in [2.24, 2.45) is 0 Å². The highest BCUT2D eigenvalue weighted by Gasteiger charge is 2.04. The zero-order valence-electron chi connectivity index (χ0n) is 8.79. The van der Waals surface area contributed by atoms with Crippen molar-refractivity contribution in [2.45, 2.75) is 33.1 Å². The lowest BCUT2D eigenvalue weighted by Crippen LogP contribution is -1.92. The van der Waals surface area contributed by atoms with Crippen LogP contribution in [-0.4, -0.2) is 4.98 Å². The van der Waals surface area contributed by atoms with Gasteiger partial charge in [0.25, 0.3) is 0 Å². The largest absolute Gasteiger partial charge is 0.263 e. The molecule has 0 fully saturated rings. The number of aromatic nitrogens is 1. The maximum Gasteiger partial charge on any atom is 0.0628 e. The first-order chi connectivity index (χ1) is 6.74. The summed E-state index contributed by atoms with van der Waals surface area (Å²) in [5, 5.41) is 8.49. The van der Waals surface area contributed by atoms with Gasteiger partial charge in [0, 0.05) is 23.3 Å². The van der Waals surface area contributed by atoms with Gasteiger partial charge in [0.1, 0.15) is 0 Å². The first kappa shape index (κ1) is 13.1. The molecule has 0 amide bonds. The van der Waals surface area contributed by atoms with E-state index in [-0.39, 0.29) is 5.92 Å². The molecular formula is C11H15BrN2. The number of nitrogens with zero attached hydrogens (tertiary/aromatic N) is 2. The van der Waals surface area contributed by atoms with Gasteiger partial charge >= 0.3 is 0 Å². The number of hydrogen-bond donors (Lipinski definition) is 0.